The molecular weight excluding hydrogens is 356 g/mol. The molecule has 0 aromatic heterocycles. The zero-order valence-corrected chi connectivity index (χ0v) is 15.0. The second-order valence-electron chi connectivity index (χ2n) is 6.17. The number of nitrogens with zero attached hydrogens (tertiary/aromatic N) is 1. The maximum absolute atomic E-state index is 13.8. The number of rotatable bonds is 6. The summed E-state index contributed by atoms with van der Waals surface area (Å²) in [6.07, 6.45) is -0.656. The molecule has 1 saturated heterocycles. The van der Waals surface area contributed by atoms with E-state index in [0.717, 1.165) is 12.1 Å². The van der Waals surface area contributed by atoms with E-state index in [2.05, 4.69) is 0 Å². The van der Waals surface area contributed by atoms with Crippen molar-refractivity contribution < 1.29 is 27.8 Å². The number of halogens is 2. The Labute approximate surface area is 156 Å². The van der Waals surface area contributed by atoms with Crippen LogP contribution in [-0.4, -0.2) is 50.3 Å². The third kappa shape index (κ3) is 4.74. The van der Waals surface area contributed by atoms with Gasteiger partial charge in [-0.3, -0.25) is 4.79 Å². The minimum atomic E-state index is -0.715. The van der Waals surface area contributed by atoms with Gasteiger partial charge in [0.05, 0.1) is 26.7 Å². The predicted octanol–water partition coefficient (Wildman–Crippen LogP) is 2.82. The average molecular weight is 377 g/mol. The minimum absolute atomic E-state index is 0.212. The SMILES string of the molecule is COc1ccccc1OCC1CN(C(=O)Cc2c(F)cccc2F)CCO1. The Morgan fingerprint density at radius 2 is 1.85 bits per heavy atom. The summed E-state index contributed by atoms with van der Waals surface area (Å²) in [5.74, 6) is -0.582. The molecule has 1 amide bonds. The maximum Gasteiger partial charge on any atom is 0.227 e. The predicted molar refractivity (Wildman–Crippen MR) is 94.9 cm³/mol. The molecule has 7 heteroatoms. The monoisotopic (exact) mass is 377 g/mol. The van der Waals surface area contributed by atoms with Gasteiger partial charge in [0, 0.05) is 12.1 Å². The number of hydrogen-bond donors (Lipinski definition) is 0. The van der Waals surface area contributed by atoms with Crippen molar-refractivity contribution in [1.29, 1.82) is 0 Å². The van der Waals surface area contributed by atoms with Crippen molar-refractivity contribution in [3.8, 4) is 11.5 Å². The van der Waals surface area contributed by atoms with Crippen LogP contribution in [0.25, 0.3) is 0 Å². The number of para-hydroxylation sites is 2. The first-order valence-corrected chi connectivity index (χ1v) is 8.66. The number of ether oxygens (including phenoxy) is 3. The topological polar surface area (TPSA) is 48.0 Å². The largest absolute Gasteiger partial charge is 0.493 e. The molecule has 2 aromatic rings. The molecule has 1 aliphatic rings. The summed E-state index contributed by atoms with van der Waals surface area (Å²) in [5.41, 5.74) is -0.212. The van der Waals surface area contributed by atoms with Crippen molar-refractivity contribution in [1.82, 2.24) is 4.90 Å². The lowest BCUT2D eigenvalue weighted by molar-refractivity contribution is -0.139. The van der Waals surface area contributed by atoms with Gasteiger partial charge in [-0.25, -0.2) is 8.78 Å². The summed E-state index contributed by atoms with van der Waals surface area (Å²) in [4.78, 5) is 14.0. The van der Waals surface area contributed by atoms with Crippen molar-refractivity contribution in [3.05, 3.63) is 59.7 Å². The second-order valence-corrected chi connectivity index (χ2v) is 6.17. The summed E-state index contributed by atoms with van der Waals surface area (Å²) in [6, 6.07) is 10.8. The fraction of sp³-hybridized carbons (Fsp3) is 0.350. The molecule has 5 nitrogen and oxygen atoms in total. The molecule has 0 radical (unpaired) electrons. The van der Waals surface area contributed by atoms with E-state index in [1.807, 2.05) is 12.1 Å². The molecule has 0 bridgehead atoms. The van der Waals surface area contributed by atoms with E-state index in [9.17, 15) is 13.6 Å². The Hall–Kier alpha value is -2.67. The number of carbonyl (C=O) groups is 1. The van der Waals surface area contributed by atoms with E-state index in [0.29, 0.717) is 31.2 Å². The van der Waals surface area contributed by atoms with Crippen molar-refractivity contribution in [2.45, 2.75) is 12.5 Å². The number of carbonyl (C=O) groups excluding carboxylic acids is 1. The molecule has 0 aliphatic carbocycles. The van der Waals surface area contributed by atoms with Gasteiger partial charge in [-0.15, -0.1) is 0 Å². The number of hydrogen-bond acceptors (Lipinski definition) is 4. The van der Waals surface area contributed by atoms with Crippen LogP contribution >= 0.6 is 0 Å². The summed E-state index contributed by atoms with van der Waals surface area (Å²) < 4.78 is 44.2. The van der Waals surface area contributed by atoms with Crippen molar-refractivity contribution in [3.63, 3.8) is 0 Å². The van der Waals surface area contributed by atoms with Gasteiger partial charge < -0.3 is 19.1 Å². The first-order chi connectivity index (χ1) is 13.1. The van der Waals surface area contributed by atoms with E-state index in [-0.39, 0.29) is 30.6 Å². The summed E-state index contributed by atoms with van der Waals surface area (Å²) in [7, 11) is 1.56. The molecule has 1 fully saturated rings. The van der Waals surface area contributed by atoms with E-state index in [1.54, 1.807) is 24.1 Å². The van der Waals surface area contributed by atoms with Crippen LogP contribution in [0.2, 0.25) is 0 Å². The van der Waals surface area contributed by atoms with Gasteiger partial charge in [-0.05, 0) is 24.3 Å². The minimum Gasteiger partial charge on any atom is -0.493 e. The highest BCUT2D eigenvalue weighted by Gasteiger charge is 2.26. The molecule has 0 N–H and O–H groups in total. The zero-order chi connectivity index (χ0) is 19.2. The van der Waals surface area contributed by atoms with Crippen LogP contribution < -0.4 is 9.47 Å². The first-order valence-electron chi connectivity index (χ1n) is 8.66. The molecule has 144 valence electrons. The number of morpholine rings is 1. The fourth-order valence-electron chi connectivity index (χ4n) is 2.93. The smallest absolute Gasteiger partial charge is 0.227 e. The van der Waals surface area contributed by atoms with Gasteiger partial charge >= 0.3 is 0 Å². The Morgan fingerprint density at radius 3 is 2.56 bits per heavy atom. The number of amides is 1. The molecule has 1 atom stereocenters. The van der Waals surface area contributed by atoms with Crippen LogP contribution in [0.4, 0.5) is 8.78 Å². The quantitative estimate of drug-likeness (QED) is 0.777. The van der Waals surface area contributed by atoms with E-state index in [4.69, 9.17) is 14.2 Å². The summed E-state index contributed by atoms with van der Waals surface area (Å²) in [6.45, 7) is 1.24. The van der Waals surface area contributed by atoms with Gasteiger partial charge in [-0.2, -0.15) is 0 Å². The Morgan fingerprint density at radius 1 is 1.15 bits per heavy atom. The van der Waals surface area contributed by atoms with Crippen LogP contribution in [0.5, 0.6) is 11.5 Å². The van der Waals surface area contributed by atoms with Crippen LogP contribution in [0, 0.1) is 11.6 Å². The van der Waals surface area contributed by atoms with Gasteiger partial charge in [0.25, 0.3) is 0 Å². The highest BCUT2D eigenvalue weighted by Crippen LogP contribution is 2.26. The van der Waals surface area contributed by atoms with E-state index < -0.39 is 11.6 Å². The first kappa shape index (κ1) is 19.1. The van der Waals surface area contributed by atoms with Crippen molar-refractivity contribution >= 4 is 5.91 Å². The standard InChI is InChI=1S/C20H21F2NO4/c1-25-18-7-2-3-8-19(18)27-13-14-12-23(9-10-26-14)20(24)11-15-16(21)5-4-6-17(15)22/h2-8,14H,9-13H2,1H3. The van der Waals surface area contributed by atoms with Gasteiger partial charge in [0.2, 0.25) is 5.91 Å². The number of benzene rings is 2. The third-order valence-electron chi connectivity index (χ3n) is 4.37. The lowest BCUT2D eigenvalue weighted by atomic mass is 10.1. The highest BCUT2D eigenvalue weighted by atomic mass is 19.1. The molecule has 2 aromatic carbocycles. The lowest BCUT2D eigenvalue weighted by Crippen LogP contribution is -2.48. The maximum atomic E-state index is 13.8. The zero-order valence-electron chi connectivity index (χ0n) is 15.0. The second kappa shape index (κ2) is 8.81. The Kier molecular flexibility index (Phi) is 6.24. The Bertz CT molecular complexity index is 779. The van der Waals surface area contributed by atoms with Crippen molar-refractivity contribution in [2.75, 3.05) is 33.4 Å². The van der Waals surface area contributed by atoms with Crippen LogP contribution in [-0.2, 0) is 16.0 Å². The summed E-state index contributed by atoms with van der Waals surface area (Å²) in [5, 5.41) is 0. The normalized spacial score (nSPS) is 16.9. The average Bonchev–Trinajstić information content (AvgIpc) is 2.69. The van der Waals surface area contributed by atoms with E-state index >= 15 is 0 Å². The van der Waals surface area contributed by atoms with Gasteiger partial charge in [0.15, 0.2) is 11.5 Å². The van der Waals surface area contributed by atoms with Crippen molar-refractivity contribution in [2.24, 2.45) is 0 Å². The molecule has 0 saturated carbocycles. The summed E-state index contributed by atoms with van der Waals surface area (Å²) >= 11 is 0. The van der Waals surface area contributed by atoms with Gasteiger partial charge in [0.1, 0.15) is 24.3 Å². The van der Waals surface area contributed by atoms with E-state index in [1.165, 1.54) is 6.07 Å². The molecule has 27 heavy (non-hydrogen) atoms. The Balaban J connectivity index is 1.58. The molecule has 0 spiro atoms. The molecule has 3 rings (SSSR count). The number of methoxy groups -OCH3 is 1. The fourth-order valence-corrected chi connectivity index (χ4v) is 2.93. The molecule has 1 heterocycles. The van der Waals surface area contributed by atoms with Gasteiger partial charge in [-0.1, -0.05) is 18.2 Å². The molecule has 1 unspecified atom stereocenters. The molecule has 1 aliphatic heterocycles. The highest BCUT2D eigenvalue weighted by molar-refractivity contribution is 5.79. The van der Waals surface area contributed by atoms with Crippen LogP contribution in [0.15, 0.2) is 42.5 Å². The van der Waals surface area contributed by atoms with Crippen LogP contribution in [0.3, 0.4) is 0 Å². The molecular formula is C20H21F2NO4. The van der Waals surface area contributed by atoms with Crippen LogP contribution in [0.1, 0.15) is 5.56 Å². The third-order valence-corrected chi connectivity index (χ3v) is 4.37. The lowest BCUT2D eigenvalue weighted by Gasteiger charge is -2.33.